The van der Waals surface area contributed by atoms with Crippen molar-refractivity contribution in [3.8, 4) is 0 Å². The van der Waals surface area contributed by atoms with Gasteiger partial charge in [-0.15, -0.1) is 0 Å². The van der Waals surface area contributed by atoms with Crippen LogP contribution in [0.2, 0.25) is 0 Å². The van der Waals surface area contributed by atoms with E-state index in [1.54, 1.807) is 11.1 Å². The van der Waals surface area contributed by atoms with Gasteiger partial charge in [-0.05, 0) is 37.0 Å². The van der Waals surface area contributed by atoms with Gasteiger partial charge in [0, 0.05) is 37.7 Å². The number of aryl methyl sites for hydroxylation is 1. The summed E-state index contributed by atoms with van der Waals surface area (Å²) in [5.41, 5.74) is 9.44. The Morgan fingerprint density at radius 2 is 2.07 bits per heavy atom. The molecule has 3 amide bonds. The standard InChI is InChI=1S/C21H24N6O3/c1-12-6-7-27-20(16(22)9-23-27)25(12)10-13-2-3-15-14(8-13)11-26(21(15)30)17-4-5-18(28)24-19(17)29/h2-3,8-9,12,17H,4-7,10-11,22H2,1H3,(H,24,28,29). The third kappa shape index (κ3) is 2.92. The molecule has 9 heteroatoms. The highest BCUT2D eigenvalue weighted by Gasteiger charge is 2.39. The third-order valence-electron chi connectivity index (χ3n) is 6.34. The smallest absolute Gasteiger partial charge is 0.255 e. The van der Waals surface area contributed by atoms with E-state index in [4.69, 9.17) is 5.73 Å². The lowest BCUT2D eigenvalue weighted by molar-refractivity contribution is -0.136. The van der Waals surface area contributed by atoms with Gasteiger partial charge in [0.05, 0.1) is 11.9 Å². The van der Waals surface area contributed by atoms with Crippen molar-refractivity contribution < 1.29 is 14.4 Å². The molecule has 0 bridgehead atoms. The summed E-state index contributed by atoms with van der Waals surface area (Å²) >= 11 is 0. The van der Waals surface area contributed by atoms with Crippen LogP contribution in [0.4, 0.5) is 11.5 Å². The van der Waals surface area contributed by atoms with E-state index in [1.807, 2.05) is 22.9 Å². The molecule has 0 saturated carbocycles. The minimum atomic E-state index is -0.595. The first-order valence-corrected chi connectivity index (χ1v) is 10.3. The fourth-order valence-electron chi connectivity index (χ4n) is 4.70. The molecule has 4 heterocycles. The molecule has 3 aliphatic heterocycles. The van der Waals surface area contributed by atoms with Gasteiger partial charge in [-0.2, -0.15) is 5.10 Å². The highest BCUT2D eigenvalue weighted by molar-refractivity contribution is 6.05. The number of nitrogen functional groups attached to an aromatic ring is 1. The number of nitrogens with zero attached hydrogens (tertiary/aromatic N) is 4. The van der Waals surface area contributed by atoms with Crippen molar-refractivity contribution in [1.82, 2.24) is 20.0 Å². The molecule has 156 valence electrons. The van der Waals surface area contributed by atoms with Gasteiger partial charge in [0.25, 0.3) is 5.91 Å². The molecule has 2 atom stereocenters. The van der Waals surface area contributed by atoms with Crippen LogP contribution in [-0.4, -0.2) is 44.5 Å². The van der Waals surface area contributed by atoms with Gasteiger partial charge in [-0.25, -0.2) is 4.68 Å². The predicted molar refractivity (Wildman–Crippen MR) is 109 cm³/mol. The number of rotatable bonds is 3. The SMILES string of the molecule is CC1CCn2ncc(N)c2N1Cc1ccc2c(c1)CN(C1CCC(=O)NC1=O)C2=O. The minimum Gasteiger partial charge on any atom is -0.394 e. The molecule has 1 aromatic carbocycles. The van der Waals surface area contributed by atoms with Gasteiger partial charge in [-0.1, -0.05) is 12.1 Å². The van der Waals surface area contributed by atoms with Crippen molar-refractivity contribution in [3.05, 3.63) is 41.1 Å². The summed E-state index contributed by atoms with van der Waals surface area (Å²) in [7, 11) is 0. The van der Waals surface area contributed by atoms with Crippen molar-refractivity contribution in [1.29, 1.82) is 0 Å². The van der Waals surface area contributed by atoms with E-state index < -0.39 is 11.9 Å². The summed E-state index contributed by atoms with van der Waals surface area (Å²) in [5, 5.41) is 6.70. The molecule has 2 unspecified atom stereocenters. The summed E-state index contributed by atoms with van der Waals surface area (Å²) in [6, 6.07) is 5.57. The fraction of sp³-hybridized carbons (Fsp3) is 0.429. The van der Waals surface area contributed by atoms with Crippen LogP contribution in [0.1, 0.15) is 47.7 Å². The van der Waals surface area contributed by atoms with Crippen LogP contribution in [0, 0.1) is 0 Å². The van der Waals surface area contributed by atoms with E-state index in [2.05, 4.69) is 22.2 Å². The average molecular weight is 408 g/mol. The Balaban J connectivity index is 1.38. The second-order valence-corrected chi connectivity index (χ2v) is 8.30. The highest BCUT2D eigenvalue weighted by atomic mass is 16.2. The molecule has 30 heavy (non-hydrogen) atoms. The molecule has 1 fully saturated rings. The lowest BCUT2D eigenvalue weighted by atomic mass is 10.0. The van der Waals surface area contributed by atoms with Crippen LogP contribution in [0.15, 0.2) is 24.4 Å². The Morgan fingerprint density at radius 3 is 2.87 bits per heavy atom. The normalized spacial score (nSPS) is 23.4. The summed E-state index contributed by atoms with van der Waals surface area (Å²) in [6.07, 6.45) is 3.30. The summed E-state index contributed by atoms with van der Waals surface area (Å²) in [5.74, 6) is 0.116. The maximum Gasteiger partial charge on any atom is 0.255 e. The molecule has 0 radical (unpaired) electrons. The van der Waals surface area contributed by atoms with E-state index in [-0.39, 0.29) is 18.2 Å². The summed E-state index contributed by atoms with van der Waals surface area (Å²) < 4.78 is 1.94. The molecule has 3 N–H and O–H groups in total. The number of imide groups is 1. The van der Waals surface area contributed by atoms with Crippen LogP contribution in [0.3, 0.4) is 0 Å². The number of carbonyl (C=O) groups is 3. The number of carbonyl (C=O) groups excluding carboxylic acids is 3. The molecule has 9 nitrogen and oxygen atoms in total. The van der Waals surface area contributed by atoms with Gasteiger partial charge in [-0.3, -0.25) is 19.7 Å². The molecule has 2 aromatic rings. The quantitative estimate of drug-likeness (QED) is 0.734. The van der Waals surface area contributed by atoms with Gasteiger partial charge in [0.1, 0.15) is 6.04 Å². The Kier molecular flexibility index (Phi) is 4.27. The second kappa shape index (κ2) is 6.86. The number of amides is 3. The Bertz CT molecular complexity index is 1060. The number of hydrogen-bond donors (Lipinski definition) is 2. The summed E-state index contributed by atoms with van der Waals surface area (Å²) in [4.78, 5) is 40.4. The molecule has 0 spiro atoms. The average Bonchev–Trinajstić information content (AvgIpc) is 3.24. The molecular formula is C21H24N6O3. The Morgan fingerprint density at radius 1 is 1.23 bits per heavy atom. The number of piperidine rings is 1. The van der Waals surface area contributed by atoms with Crippen molar-refractivity contribution in [2.24, 2.45) is 0 Å². The van der Waals surface area contributed by atoms with Gasteiger partial charge >= 0.3 is 0 Å². The molecular weight excluding hydrogens is 384 g/mol. The fourth-order valence-corrected chi connectivity index (χ4v) is 4.70. The van der Waals surface area contributed by atoms with Crippen LogP contribution in [0.25, 0.3) is 0 Å². The third-order valence-corrected chi connectivity index (χ3v) is 6.34. The summed E-state index contributed by atoms with van der Waals surface area (Å²) in [6.45, 7) is 4.07. The second-order valence-electron chi connectivity index (χ2n) is 8.30. The largest absolute Gasteiger partial charge is 0.394 e. The van der Waals surface area contributed by atoms with Crippen LogP contribution >= 0.6 is 0 Å². The number of hydrogen-bond acceptors (Lipinski definition) is 6. The maximum absolute atomic E-state index is 12.9. The number of anilines is 2. The first kappa shape index (κ1) is 18.7. The Labute approximate surface area is 173 Å². The maximum atomic E-state index is 12.9. The van der Waals surface area contributed by atoms with E-state index in [9.17, 15) is 14.4 Å². The van der Waals surface area contributed by atoms with Crippen LogP contribution in [0.5, 0.6) is 0 Å². The van der Waals surface area contributed by atoms with E-state index in [0.717, 1.165) is 29.9 Å². The monoisotopic (exact) mass is 408 g/mol. The first-order chi connectivity index (χ1) is 14.4. The number of nitrogens with two attached hydrogens (primary N) is 1. The lowest BCUT2D eigenvalue weighted by Crippen LogP contribution is -2.52. The highest BCUT2D eigenvalue weighted by Crippen LogP contribution is 2.33. The Hall–Kier alpha value is -3.36. The molecule has 5 rings (SSSR count). The first-order valence-electron chi connectivity index (χ1n) is 10.3. The molecule has 3 aliphatic rings. The van der Waals surface area contributed by atoms with Crippen molar-refractivity contribution in [2.45, 2.75) is 57.9 Å². The molecule has 1 aromatic heterocycles. The van der Waals surface area contributed by atoms with Crippen LogP contribution < -0.4 is 16.0 Å². The van der Waals surface area contributed by atoms with E-state index in [0.29, 0.717) is 36.8 Å². The zero-order valence-electron chi connectivity index (χ0n) is 16.8. The number of aromatic nitrogens is 2. The van der Waals surface area contributed by atoms with E-state index >= 15 is 0 Å². The minimum absolute atomic E-state index is 0.153. The van der Waals surface area contributed by atoms with Gasteiger partial charge in [0.2, 0.25) is 11.8 Å². The lowest BCUT2D eigenvalue weighted by Gasteiger charge is -2.36. The number of nitrogens with one attached hydrogen (secondary N) is 1. The number of benzene rings is 1. The van der Waals surface area contributed by atoms with Crippen LogP contribution in [-0.2, 0) is 29.2 Å². The molecule has 1 saturated heterocycles. The van der Waals surface area contributed by atoms with Crippen molar-refractivity contribution >= 4 is 29.2 Å². The molecule has 0 aliphatic carbocycles. The topological polar surface area (TPSA) is 114 Å². The zero-order chi connectivity index (χ0) is 21.0. The van der Waals surface area contributed by atoms with Gasteiger partial charge in [0.15, 0.2) is 5.82 Å². The number of fused-ring (bicyclic) bond motifs is 2. The predicted octanol–water partition coefficient (Wildman–Crippen LogP) is 1.03. The van der Waals surface area contributed by atoms with Crippen molar-refractivity contribution in [3.63, 3.8) is 0 Å². The van der Waals surface area contributed by atoms with E-state index in [1.165, 1.54) is 0 Å². The van der Waals surface area contributed by atoms with Crippen molar-refractivity contribution in [2.75, 3.05) is 10.6 Å². The van der Waals surface area contributed by atoms with Gasteiger partial charge < -0.3 is 15.5 Å². The zero-order valence-corrected chi connectivity index (χ0v) is 16.8.